The number of hydrogen-bond donors (Lipinski definition) is 1. The van der Waals surface area contributed by atoms with Gasteiger partial charge in [0.05, 0.1) is 5.69 Å². The summed E-state index contributed by atoms with van der Waals surface area (Å²) in [5, 5.41) is 6.85. The van der Waals surface area contributed by atoms with E-state index >= 15 is 0 Å². The standard InChI is InChI=1S/C22H22N4O2/c1-25-12-14-26(15-13-25)22(28)19-18(16-8-4-2-5-9-16)20(23-24-21(19)27)17-10-6-3-7-11-17/h2-11H,12-15H2,1H3,(H,24,27). The van der Waals surface area contributed by atoms with Crippen molar-refractivity contribution in [1.82, 2.24) is 20.0 Å². The first-order valence-electron chi connectivity index (χ1n) is 9.36. The first-order chi connectivity index (χ1) is 13.6. The van der Waals surface area contributed by atoms with Gasteiger partial charge in [-0.25, -0.2) is 5.10 Å². The van der Waals surface area contributed by atoms with E-state index in [2.05, 4.69) is 15.1 Å². The fraction of sp³-hybridized carbons (Fsp3) is 0.227. The van der Waals surface area contributed by atoms with Crippen molar-refractivity contribution in [1.29, 1.82) is 0 Å². The van der Waals surface area contributed by atoms with Gasteiger partial charge in [-0.1, -0.05) is 60.7 Å². The maximum absolute atomic E-state index is 13.4. The third-order valence-electron chi connectivity index (χ3n) is 5.10. The van der Waals surface area contributed by atoms with Crippen LogP contribution in [0.4, 0.5) is 0 Å². The van der Waals surface area contributed by atoms with E-state index in [4.69, 9.17) is 0 Å². The number of aromatic nitrogens is 2. The Bertz CT molecular complexity index is 1020. The van der Waals surface area contributed by atoms with Gasteiger partial charge in [-0.2, -0.15) is 5.10 Å². The molecule has 6 nitrogen and oxygen atoms in total. The number of amides is 1. The minimum absolute atomic E-state index is 0.157. The minimum Gasteiger partial charge on any atom is -0.336 e. The van der Waals surface area contributed by atoms with Crippen molar-refractivity contribution in [2.24, 2.45) is 0 Å². The lowest BCUT2D eigenvalue weighted by Crippen LogP contribution is -2.48. The van der Waals surface area contributed by atoms with Crippen LogP contribution in [-0.4, -0.2) is 59.1 Å². The number of aromatic amines is 1. The van der Waals surface area contributed by atoms with Gasteiger partial charge in [-0.15, -0.1) is 0 Å². The van der Waals surface area contributed by atoms with Gasteiger partial charge in [0.1, 0.15) is 5.56 Å². The van der Waals surface area contributed by atoms with Crippen LogP contribution in [0, 0.1) is 0 Å². The fourth-order valence-electron chi connectivity index (χ4n) is 3.51. The number of rotatable bonds is 3. The van der Waals surface area contributed by atoms with E-state index in [1.165, 1.54) is 0 Å². The molecular formula is C22H22N4O2. The third-order valence-corrected chi connectivity index (χ3v) is 5.10. The number of hydrogen-bond acceptors (Lipinski definition) is 4. The van der Waals surface area contributed by atoms with Gasteiger partial charge in [-0.05, 0) is 12.6 Å². The van der Waals surface area contributed by atoms with E-state index in [1.807, 2.05) is 67.7 Å². The average Bonchev–Trinajstić information content (AvgIpc) is 2.75. The zero-order valence-corrected chi connectivity index (χ0v) is 15.8. The van der Waals surface area contributed by atoms with Crippen LogP contribution in [0.3, 0.4) is 0 Å². The third kappa shape index (κ3) is 3.46. The molecule has 0 bridgehead atoms. The van der Waals surface area contributed by atoms with E-state index in [9.17, 15) is 9.59 Å². The molecule has 0 aliphatic carbocycles. The van der Waals surface area contributed by atoms with Crippen molar-refractivity contribution in [3.63, 3.8) is 0 Å². The summed E-state index contributed by atoms with van der Waals surface area (Å²) in [6.07, 6.45) is 0. The van der Waals surface area contributed by atoms with Crippen LogP contribution in [0.25, 0.3) is 22.4 Å². The molecule has 1 aliphatic heterocycles. The summed E-state index contributed by atoms with van der Waals surface area (Å²) in [7, 11) is 2.03. The Kier molecular flexibility index (Phi) is 5.04. The Morgan fingerprint density at radius 2 is 1.46 bits per heavy atom. The van der Waals surface area contributed by atoms with Crippen molar-refractivity contribution in [2.75, 3.05) is 33.2 Å². The predicted molar refractivity (Wildman–Crippen MR) is 109 cm³/mol. The van der Waals surface area contributed by atoms with Gasteiger partial charge in [0.2, 0.25) is 0 Å². The molecule has 0 atom stereocenters. The molecule has 2 heterocycles. The Hall–Kier alpha value is -3.25. The van der Waals surface area contributed by atoms with Crippen LogP contribution < -0.4 is 5.56 Å². The summed E-state index contributed by atoms with van der Waals surface area (Å²) in [6, 6.07) is 19.1. The van der Waals surface area contributed by atoms with E-state index in [1.54, 1.807) is 4.90 Å². The number of piperazine rings is 1. The minimum atomic E-state index is -0.456. The molecule has 3 aromatic rings. The Balaban J connectivity index is 1.90. The van der Waals surface area contributed by atoms with E-state index in [-0.39, 0.29) is 11.5 Å². The fourth-order valence-corrected chi connectivity index (χ4v) is 3.51. The Morgan fingerprint density at radius 1 is 0.893 bits per heavy atom. The van der Waals surface area contributed by atoms with Crippen molar-refractivity contribution in [3.8, 4) is 22.4 Å². The monoisotopic (exact) mass is 374 g/mol. The van der Waals surface area contributed by atoms with E-state index in [0.717, 1.165) is 24.2 Å². The summed E-state index contributed by atoms with van der Waals surface area (Å²) in [5.74, 6) is -0.243. The highest BCUT2D eigenvalue weighted by Crippen LogP contribution is 2.32. The SMILES string of the molecule is CN1CCN(C(=O)c2c(-c3ccccc3)c(-c3ccccc3)n[nH]c2=O)CC1. The Labute approximate surface area is 163 Å². The quantitative estimate of drug-likeness (QED) is 0.765. The molecule has 1 N–H and O–H groups in total. The number of likely N-dealkylation sites (N-methyl/N-ethyl adjacent to an activating group) is 1. The van der Waals surface area contributed by atoms with Gasteiger partial charge in [0.15, 0.2) is 0 Å². The van der Waals surface area contributed by atoms with Crippen LogP contribution >= 0.6 is 0 Å². The van der Waals surface area contributed by atoms with E-state index < -0.39 is 5.56 Å². The molecule has 4 rings (SSSR count). The normalized spacial score (nSPS) is 14.8. The van der Waals surface area contributed by atoms with Crippen LogP contribution in [0.5, 0.6) is 0 Å². The number of nitrogens with zero attached hydrogens (tertiary/aromatic N) is 3. The number of H-pyrrole nitrogens is 1. The zero-order chi connectivity index (χ0) is 19.5. The van der Waals surface area contributed by atoms with Crippen LogP contribution in [0.2, 0.25) is 0 Å². The molecule has 1 saturated heterocycles. The molecule has 1 amide bonds. The molecule has 1 aliphatic rings. The molecule has 0 saturated carbocycles. The maximum Gasteiger partial charge on any atom is 0.277 e. The lowest BCUT2D eigenvalue weighted by molar-refractivity contribution is 0.0663. The van der Waals surface area contributed by atoms with Gasteiger partial charge in [0, 0.05) is 37.3 Å². The highest BCUT2D eigenvalue weighted by atomic mass is 16.2. The number of carbonyl (C=O) groups excluding carboxylic acids is 1. The van der Waals surface area contributed by atoms with Gasteiger partial charge >= 0.3 is 0 Å². The number of carbonyl (C=O) groups is 1. The van der Waals surface area contributed by atoms with Gasteiger partial charge < -0.3 is 9.80 Å². The second-order valence-corrected chi connectivity index (χ2v) is 6.98. The molecule has 0 spiro atoms. The number of nitrogens with one attached hydrogen (secondary N) is 1. The molecular weight excluding hydrogens is 352 g/mol. The molecule has 142 valence electrons. The smallest absolute Gasteiger partial charge is 0.277 e. The van der Waals surface area contributed by atoms with Crippen molar-refractivity contribution < 1.29 is 4.79 Å². The molecule has 28 heavy (non-hydrogen) atoms. The first kappa shape index (κ1) is 18.1. The second-order valence-electron chi connectivity index (χ2n) is 6.98. The summed E-state index contributed by atoms with van der Waals surface area (Å²) in [4.78, 5) is 30.1. The highest BCUT2D eigenvalue weighted by Gasteiger charge is 2.28. The second kappa shape index (κ2) is 7.78. The maximum atomic E-state index is 13.4. The van der Waals surface area contributed by atoms with Crippen molar-refractivity contribution in [2.45, 2.75) is 0 Å². The molecule has 1 fully saturated rings. The van der Waals surface area contributed by atoms with Gasteiger partial charge in [0.25, 0.3) is 11.5 Å². The van der Waals surface area contributed by atoms with Crippen LogP contribution in [0.1, 0.15) is 10.4 Å². The van der Waals surface area contributed by atoms with E-state index in [0.29, 0.717) is 24.3 Å². The van der Waals surface area contributed by atoms with Gasteiger partial charge in [-0.3, -0.25) is 9.59 Å². The number of benzene rings is 2. The molecule has 1 aromatic heterocycles. The molecule has 2 aromatic carbocycles. The van der Waals surface area contributed by atoms with Crippen molar-refractivity contribution >= 4 is 5.91 Å². The van der Waals surface area contributed by atoms with Crippen molar-refractivity contribution in [3.05, 3.63) is 76.6 Å². The largest absolute Gasteiger partial charge is 0.336 e. The zero-order valence-electron chi connectivity index (χ0n) is 15.8. The highest BCUT2D eigenvalue weighted by molar-refractivity contribution is 6.03. The molecule has 0 radical (unpaired) electrons. The summed E-state index contributed by atoms with van der Waals surface area (Å²) in [5.41, 5.74) is 2.54. The first-order valence-corrected chi connectivity index (χ1v) is 9.36. The Morgan fingerprint density at radius 3 is 2.07 bits per heavy atom. The lowest BCUT2D eigenvalue weighted by atomic mass is 9.95. The van der Waals surface area contributed by atoms with Crippen LogP contribution in [0.15, 0.2) is 65.5 Å². The predicted octanol–water partition coefficient (Wildman–Crippen LogP) is 2.49. The molecule has 0 unspecified atom stereocenters. The topological polar surface area (TPSA) is 69.3 Å². The summed E-state index contributed by atoms with van der Waals surface area (Å²) < 4.78 is 0. The lowest BCUT2D eigenvalue weighted by Gasteiger charge is -2.32. The summed E-state index contributed by atoms with van der Waals surface area (Å²) in [6.45, 7) is 2.79. The summed E-state index contributed by atoms with van der Waals surface area (Å²) >= 11 is 0. The van der Waals surface area contributed by atoms with Crippen LogP contribution in [-0.2, 0) is 0 Å². The average molecular weight is 374 g/mol. The molecule has 6 heteroatoms.